The number of nitrogens with zero attached hydrogens (tertiary/aromatic N) is 2. The fraction of sp³-hybridized carbons (Fsp3) is 0.150. The van der Waals surface area contributed by atoms with E-state index in [9.17, 15) is 23.9 Å². The van der Waals surface area contributed by atoms with Crippen LogP contribution in [0.4, 0.5) is 15.0 Å². The van der Waals surface area contributed by atoms with Crippen LogP contribution < -0.4 is 10.6 Å². The molecule has 3 aromatic rings. The molecular formula is C20H17FN4O5. The van der Waals surface area contributed by atoms with E-state index >= 15 is 0 Å². The van der Waals surface area contributed by atoms with Gasteiger partial charge in [-0.2, -0.15) is 0 Å². The van der Waals surface area contributed by atoms with Gasteiger partial charge >= 0.3 is 12.0 Å². The number of aldehydes is 1. The van der Waals surface area contributed by atoms with Crippen LogP contribution in [0.3, 0.4) is 0 Å². The highest BCUT2D eigenvalue weighted by molar-refractivity contribution is 6.05. The van der Waals surface area contributed by atoms with Crippen molar-refractivity contribution in [3.05, 3.63) is 59.2 Å². The number of anilines is 1. The minimum absolute atomic E-state index is 0.0268. The van der Waals surface area contributed by atoms with Crippen molar-refractivity contribution in [3.63, 3.8) is 0 Å². The molecule has 2 aromatic heterocycles. The molecule has 0 aliphatic heterocycles. The van der Waals surface area contributed by atoms with Crippen molar-refractivity contribution in [2.75, 3.05) is 19.0 Å². The molecule has 2 heterocycles. The van der Waals surface area contributed by atoms with Crippen LogP contribution in [0.5, 0.6) is 5.75 Å². The highest BCUT2D eigenvalue weighted by Crippen LogP contribution is 2.32. The second kappa shape index (κ2) is 8.95. The third-order valence-electron chi connectivity index (χ3n) is 4.15. The number of methoxy groups -OCH3 is 1. The van der Waals surface area contributed by atoms with Gasteiger partial charge in [-0.1, -0.05) is 12.1 Å². The lowest BCUT2D eigenvalue weighted by molar-refractivity contribution is -0.107. The number of pyridine rings is 2. The number of amides is 2. The van der Waals surface area contributed by atoms with Crippen LogP contribution in [-0.2, 0) is 16.0 Å². The molecular weight excluding hydrogens is 395 g/mol. The first-order valence-corrected chi connectivity index (χ1v) is 8.75. The summed E-state index contributed by atoms with van der Waals surface area (Å²) in [6, 6.07) is 6.83. The summed E-state index contributed by atoms with van der Waals surface area (Å²) >= 11 is 0. The largest absolute Gasteiger partial charge is 0.504 e. The van der Waals surface area contributed by atoms with Crippen LogP contribution in [0, 0.1) is 5.82 Å². The Balaban J connectivity index is 2.06. The first-order valence-electron chi connectivity index (χ1n) is 8.75. The van der Waals surface area contributed by atoms with Crippen LogP contribution in [0.15, 0.2) is 36.5 Å². The van der Waals surface area contributed by atoms with Gasteiger partial charge in [-0.3, -0.25) is 10.3 Å². The molecule has 0 radical (unpaired) electrons. The van der Waals surface area contributed by atoms with Crippen molar-refractivity contribution in [2.45, 2.75) is 6.42 Å². The lowest BCUT2D eigenvalue weighted by Crippen LogP contribution is -2.30. The van der Waals surface area contributed by atoms with E-state index in [1.807, 2.05) is 0 Å². The number of hydrogen-bond donors (Lipinski definition) is 3. The topological polar surface area (TPSA) is 131 Å². The number of esters is 1. The van der Waals surface area contributed by atoms with Gasteiger partial charge in [0.2, 0.25) is 0 Å². The van der Waals surface area contributed by atoms with Crippen LogP contribution in [0.2, 0.25) is 0 Å². The van der Waals surface area contributed by atoms with Crippen molar-refractivity contribution in [1.29, 1.82) is 0 Å². The molecule has 9 nitrogen and oxygen atoms in total. The smallest absolute Gasteiger partial charge is 0.360 e. The predicted molar refractivity (Wildman–Crippen MR) is 105 cm³/mol. The van der Waals surface area contributed by atoms with Gasteiger partial charge in [-0.15, -0.1) is 0 Å². The number of hydrogen-bond acceptors (Lipinski definition) is 7. The number of carbonyl (C=O) groups is 3. The number of rotatable bonds is 6. The molecule has 3 rings (SSSR count). The minimum Gasteiger partial charge on any atom is -0.504 e. The van der Waals surface area contributed by atoms with Gasteiger partial charge in [-0.25, -0.2) is 19.0 Å². The predicted octanol–water partition coefficient (Wildman–Crippen LogP) is 2.17. The molecule has 30 heavy (non-hydrogen) atoms. The lowest BCUT2D eigenvalue weighted by atomic mass is 10.0. The maximum absolute atomic E-state index is 13.1. The fourth-order valence-electron chi connectivity index (χ4n) is 2.77. The van der Waals surface area contributed by atoms with E-state index < -0.39 is 23.4 Å². The monoisotopic (exact) mass is 412 g/mol. The standard InChI is InChI=1S/C20H17FN4O5/c1-30-19(28)16-17(27)15-14(18(24-16)25-20(29)22-6-7-26)9-12(10-23-15)8-11-2-4-13(21)5-3-11/h2-5,7,9-10,27H,6,8H2,1H3,(H2,22,24,25,29). The van der Waals surface area contributed by atoms with Crippen LogP contribution in [0.25, 0.3) is 10.9 Å². The molecule has 0 bridgehead atoms. The van der Waals surface area contributed by atoms with Crippen molar-refractivity contribution < 1.29 is 28.6 Å². The Labute approximate surface area is 169 Å². The van der Waals surface area contributed by atoms with E-state index in [2.05, 4.69) is 25.3 Å². The number of urea groups is 1. The van der Waals surface area contributed by atoms with Crippen molar-refractivity contribution in [2.24, 2.45) is 0 Å². The number of nitrogens with one attached hydrogen (secondary N) is 2. The van der Waals surface area contributed by atoms with E-state index in [0.29, 0.717) is 18.3 Å². The summed E-state index contributed by atoms with van der Waals surface area (Å²) < 4.78 is 17.7. The second-order valence-corrected chi connectivity index (χ2v) is 6.19. The summed E-state index contributed by atoms with van der Waals surface area (Å²) in [4.78, 5) is 42.6. The van der Waals surface area contributed by atoms with Gasteiger partial charge in [0.25, 0.3) is 0 Å². The van der Waals surface area contributed by atoms with E-state index in [1.54, 1.807) is 18.2 Å². The maximum Gasteiger partial charge on any atom is 0.360 e. The van der Waals surface area contributed by atoms with Crippen molar-refractivity contribution in [3.8, 4) is 5.75 Å². The molecule has 2 amide bonds. The summed E-state index contributed by atoms with van der Waals surface area (Å²) in [5, 5.41) is 15.4. The molecule has 1 aromatic carbocycles. The maximum atomic E-state index is 13.1. The molecule has 0 saturated carbocycles. The average molecular weight is 412 g/mol. The molecule has 0 fully saturated rings. The molecule has 3 N–H and O–H groups in total. The highest BCUT2D eigenvalue weighted by atomic mass is 19.1. The zero-order chi connectivity index (χ0) is 21.7. The summed E-state index contributed by atoms with van der Waals surface area (Å²) in [5.74, 6) is -1.82. The summed E-state index contributed by atoms with van der Waals surface area (Å²) in [6.07, 6.45) is 2.40. The molecule has 0 aliphatic carbocycles. The molecule has 0 atom stereocenters. The Morgan fingerprint density at radius 2 is 1.97 bits per heavy atom. The Bertz CT molecular complexity index is 1120. The zero-order valence-electron chi connectivity index (χ0n) is 15.8. The molecule has 0 aliphatic rings. The van der Waals surface area contributed by atoms with Crippen LogP contribution in [0.1, 0.15) is 21.6 Å². The number of fused-ring (bicyclic) bond motifs is 1. The number of benzene rings is 1. The van der Waals surface area contributed by atoms with Gasteiger partial charge in [-0.05, 0) is 35.7 Å². The third kappa shape index (κ3) is 4.49. The zero-order valence-corrected chi connectivity index (χ0v) is 15.8. The Hall–Kier alpha value is -4.08. The summed E-state index contributed by atoms with van der Waals surface area (Å²) in [7, 11) is 1.12. The highest BCUT2D eigenvalue weighted by Gasteiger charge is 2.22. The molecule has 0 spiro atoms. The average Bonchev–Trinajstić information content (AvgIpc) is 2.75. The van der Waals surface area contributed by atoms with E-state index in [-0.39, 0.29) is 29.1 Å². The van der Waals surface area contributed by atoms with Gasteiger partial charge in [0.1, 0.15) is 23.4 Å². The second-order valence-electron chi connectivity index (χ2n) is 6.19. The number of aromatic nitrogens is 2. The van der Waals surface area contributed by atoms with E-state index in [4.69, 9.17) is 0 Å². The normalized spacial score (nSPS) is 10.5. The van der Waals surface area contributed by atoms with Gasteiger partial charge < -0.3 is 20.0 Å². The van der Waals surface area contributed by atoms with Gasteiger partial charge in [0.15, 0.2) is 11.4 Å². The van der Waals surface area contributed by atoms with Crippen LogP contribution in [-0.4, -0.2) is 47.0 Å². The van der Waals surface area contributed by atoms with E-state index in [1.165, 1.54) is 18.3 Å². The number of carbonyl (C=O) groups excluding carboxylic acids is 3. The summed E-state index contributed by atoms with van der Waals surface area (Å²) in [6.45, 7) is -0.222. The molecule has 0 unspecified atom stereocenters. The SMILES string of the molecule is COC(=O)c1nc(NC(=O)NCC=O)c2cc(Cc3ccc(F)cc3)cnc2c1O. The molecule has 154 valence electrons. The number of halogens is 1. The third-order valence-corrected chi connectivity index (χ3v) is 4.15. The molecule has 0 saturated heterocycles. The number of aromatic hydroxyl groups is 1. The van der Waals surface area contributed by atoms with Gasteiger partial charge in [0, 0.05) is 11.6 Å². The number of ether oxygens (including phenoxy) is 1. The van der Waals surface area contributed by atoms with Gasteiger partial charge in [0.05, 0.1) is 13.7 Å². The summed E-state index contributed by atoms with van der Waals surface area (Å²) in [5.41, 5.74) is 1.12. The Morgan fingerprint density at radius 1 is 1.23 bits per heavy atom. The van der Waals surface area contributed by atoms with Crippen LogP contribution >= 0.6 is 0 Å². The molecule has 10 heteroatoms. The Morgan fingerprint density at radius 3 is 2.63 bits per heavy atom. The first kappa shape index (κ1) is 20.6. The van der Waals surface area contributed by atoms with Crippen molar-refractivity contribution >= 4 is 35.0 Å². The lowest BCUT2D eigenvalue weighted by Gasteiger charge is -2.13. The Kier molecular flexibility index (Phi) is 6.16. The first-order chi connectivity index (χ1) is 14.4. The minimum atomic E-state index is -0.914. The van der Waals surface area contributed by atoms with E-state index in [0.717, 1.165) is 12.7 Å². The quantitative estimate of drug-likeness (QED) is 0.418. The van der Waals surface area contributed by atoms with Crippen molar-refractivity contribution in [1.82, 2.24) is 15.3 Å². The fourth-order valence-corrected chi connectivity index (χ4v) is 2.77.